The molecule has 0 saturated carbocycles. The Balaban J connectivity index is 2.21. The summed E-state index contributed by atoms with van der Waals surface area (Å²) in [5.74, 6) is -0.203. The maximum absolute atomic E-state index is 13.3. The summed E-state index contributed by atoms with van der Waals surface area (Å²) in [6.07, 6.45) is 0. The van der Waals surface area contributed by atoms with Crippen LogP contribution in [0.2, 0.25) is 25.7 Å². The molecule has 0 amide bonds. The van der Waals surface area contributed by atoms with Crippen LogP contribution in [0.5, 0.6) is 0 Å². The predicted molar refractivity (Wildman–Crippen MR) is 83.8 cm³/mol. The van der Waals surface area contributed by atoms with Gasteiger partial charge in [-0.1, -0.05) is 19.6 Å². The molecule has 0 saturated heterocycles. The summed E-state index contributed by atoms with van der Waals surface area (Å²) in [6.45, 7) is 9.23. The molecule has 0 radical (unpaired) electrons. The lowest BCUT2D eigenvalue weighted by Crippen LogP contribution is -2.22. The first kappa shape index (κ1) is 15.8. The number of Topliss-reactive ketones (excluding diaryl/α,β-unsaturated/α-hetero) is 1. The molecule has 21 heavy (non-hydrogen) atoms. The highest BCUT2D eigenvalue weighted by atomic mass is 28.3. The molecule has 6 heteroatoms. The highest BCUT2D eigenvalue weighted by Crippen LogP contribution is 2.18. The predicted octanol–water partition coefficient (Wildman–Crippen LogP) is 3.69. The smallest absolute Gasteiger partial charge is 0.195 e. The van der Waals surface area contributed by atoms with Gasteiger partial charge in [0, 0.05) is 27.7 Å². The number of hydrogen-bond donors (Lipinski definition) is 0. The fraction of sp³-hybridized carbons (Fsp3) is 0.467. The minimum Gasteiger partial charge on any atom is -0.361 e. The quantitative estimate of drug-likeness (QED) is 0.464. The van der Waals surface area contributed by atoms with Gasteiger partial charge in [-0.05, 0) is 18.2 Å². The van der Waals surface area contributed by atoms with E-state index in [0.29, 0.717) is 17.9 Å². The van der Waals surface area contributed by atoms with Crippen molar-refractivity contribution >= 4 is 24.9 Å². The number of fused-ring (bicyclic) bond motifs is 1. The zero-order valence-electron chi connectivity index (χ0n) is 12.9. The van der Waals surface area contributed by atoms with Crippen LogP contribution in [0.25, 0.3) is 11.0 Å². The molecule has 1 aromatic carbocycles. The lowest BCUT2D eigenvalue weighted by Gasteiger charge is -2.16. The first-order valence-corrected chi connectivity index (χ1v) is 10.7. The molecule has 114 valence electrons. The number of hydrogen-bond acceptors (Lipinski definition) is 3. The van der Waals surface area contributed by atoms with Crippen LogP contribution in [0.15, 0.2) is 18.2 Å². The van der Waals surface area contributed by atoms with Crippen LogP contribution in [-0.2, 0) is 11.5 Å². The van der Waals surface area contributed by atoms with Crippen LogP contribution < -0.4 is 0 Å². The normalized spacial score (nSPS) is 12.0. The summed E-state index contributed by atoms with van der Waals surface area (Å²) >= 11 is 0. The average molecular weight is 308 g/mol. The van der Waals surface area contributed by atoms with Gasteiger partial charge in [0.2, 0.25) is 0 Å². The van der Waals surface area contributed by atoms with Crippen LogP contribution in [-0.4, -0.2) is 30.0 Å². The van der Waals surface area contributed by atoms with Crippen molar-refractivity contribution in [3.8, 4) is 0 Å². The van der Waals surface area contributed by atoms with Crippen molar-refractivity contribution in [2.24, 2.45) is 0 Å². The molecule has 2 rings (SSSR count). The molecule has 1 heterocycles. The molecule has 1 aromatic heterocycles. The summed E-state index contributed by atoms with van der Waals surface area (Å²) < 4.78 is 20.7. The maximum atomic E-state index is 13.3. The molecule has 0 fully saturated rings. The summed E-state index contributed by atoms with van der Waals surface area (Å²) in [5.41, 5.74) is 1.20. The van der Waals surface area contributed by atoms with E-state index >= 15 is 0 Å². The van der Waals surface area contributed by atoms with E-state index in [1.807, 2.05) is 0 Å². The van der Waals surface area contributed by atoms with Crippen molar-refractivity contribution < 1.29 is 13.9 Å². The van der Waals surface area contributed by atoms with E-state index in [1.54, 1.807) is 10.6 Å². The maximum Gasteiger partial charge on any atom is 0.195 e. The van der Waals surface area contributed by atoms with Crippen molar-refractivity contribution in [2.45, 2.75) is 39.3 Å². The summed E-state index contributed by atoms with van der Waals surface area (Å²) in [5, 5.41) is 0. The Morgan fingerprint density at radius 1 is 1.38 bits per heavy atom. The molecule has 0 spiro atoms. The lowest BCUT2D eigenvalue weighted by atomic mass is 10.3. The van der Waals surface area contributed by atoms with Crippen molar-refractivity contribution in [3.05, 3.63) is 29.8 Å². The minimum atomic E-state index is -1.14. The fourth-order valence-electron chi connectivity index (χ4n) is 2.04. The van der Waals surface area contributed by atoms with Crippen LogP contribution in [0.4, 0.5) is 4.39 Å². The number of aromatic nitrogens is 2. The number of imidazole rings is 1. The standard InChI is InChI=1S/C15H21FN2O2Si/c1-11(19)15-17-13-9-12(16)5-6-14(13)18(15)10-20-7-8-21(2,3)4/h5-6,9H,7-8,10H2,1-4H3. The molecule has 4 nitrogen and oxygen atoms in total. The van der Waals surface area contributed by atoms with E-state index in [9.17, 15) is 9.18 Å². The van der Waals surface area contributed by atoms with E-state index in [1.165, 1.54) is 19.1 Å². The van der Waals surface area contributed by atoms with Crippen molar-refractivity contribution in [3.63, 3.8) is 0 Å². The number of halogens is 1. The highest BCUT2D eigenvalue weighted by Gasteiger charge is 2.16. The summed E-state index contributed by atoms with van der Waals surface area (Å²) in [7, 11) is -1.14. The Labute approximate surface area is 124 Å². The van der Waals surface area contributed by atoms with Crippen molar-refractivity contribution in [2.75, 3.05) is 6.61 Å². The average Bonchev–Trinajstić information content (AvgIpc) is 2.71. The molecule has 0 N–H and O–H groups in total. The molecule has 2 aromatic rings. The first-order valence-electron chi connectivity index (χ1n) is 7.02. The molecule has 0 bridgehead atoms. The number of ketones is 1. The third kappa shape index (κ3) is 3.98. The van der Waals surface area contributed by atoms with Gasteiger partial charge in [0.25, 0.3) is 0 Å². The number of carbonyl (C=O) groups is 1. The van der Waals surface area contributed by atoms with Crippen LogP contribution in [0.1, 0.15) is 17.5 Å². The van der Waals surface area contributed by atoms with Crippen LogP contribution >= 0.6 is 0 Å². The second-order valence-corrected chi connectivity index (χ2v) is 12.0. The van der Waals surface area contributed by atoms with Gasteiger partial charge >= 0.3 is 0 Å². The Morgan fingerprint density at radius 3 is 2.71 bits per heavy atom. The molecular formula is C15H21FN2O2Si. The zero-order valence-corrected chi connectivity index (χ0v) is 13.9. The fourth-order valence-corrected chi connectivity index (χ4v) is 2.79. The number of ether oxygens (including phenoxy) is 1. The number of carbonyl (C=O) groups excluding carboxylic acids is 1. The van der Waals surface area contributed by atoms with Crippen LogP contribution in [0, 0.1) is 5.82 Å². The summed E-state index contributed by atoms with van der Waals surface area (Å²) in [4.78, 5) is 15.9. The molecule has 0 aliphatic carbocycles. The highest BCUT2D eigenvalue weighted by molar-refractivity contribution is 6.76. The van der Waals surface area contributed by atoms with E-state index < -0.39 is 8.07 Å². The third-order valence-electron chi connectivity index (χ3n) is 3.24. The van der Waals surface area contributed by atoms with E-state index in [4.69, 9.17) is 4.74 Å². The lowest BCUT2D eigenvalue weighted by molar-refractivity contribution is 0.0827. The van der Waals surface area contributed by atoms with Crippen molar-refractivity contribution in [1.82, 2.24) is 9.55 Å². The Bertz CT molecular complexity index is 661. The topological polar surface area (TPSA) is 44.1 Å². The second kappa shape index (κ2) is 6.07. The third-order valence-corrected chi connectivity index (χ3v) is 4.95. The zero-order chi connectivity index (χ0) is 15.6. The Hall–Kier alpha value is -1.53. The van der Waals surface area contributed by atoms with Gasteiger partial charge in [0.15, 0.2) is 11.6 Å². The second-order valence-electron chi connectivity index (χ2n) is 6.40. The van der Waals surface area contributed by atoms with Gasteiger partial charge in [-0.15, -0.1) is 0 Å². The molecule has 0 atom stereocenters. The molecule has 0 unspecified atom stereocenters. The first-order chi connectivity index (χ1) is 9.78. The van der Waals surface area contributed by atoms with Gasteiger partial charge < -0.3 is 4.74 Å². The van der Waals surface area contributed by atoms with Gasteiger partial charge in [-0.2, -0.15) is 0 Å². The van der Waals surface area contributed by atoms with Gasteiger partial charge in [0.05, 0.1) is 11.0 Å². The molecular weight excluding hydrogens is 287 g/mol. The Kier molecular flexibility index (Phi) is 4.58. The molecule has 0 aliphatic rings. The number of benzene rings is 1. The van der Waals surface area contributed by atoms with E-state index in [2.05, 4.69) is 24.6 Å². The largest absolute Gasteiger partial charge is 0.361 e. The SMILES string of the molecule is CC(=O)c1nc2cc(F)ccc2n1COCC[Si](C)(C)C. The minimum absolute atomic E-state index is 0.152. The number of nitrogens with zero attached hydrogens (tertiary/aromatic N) is 2. The van der Waals surface area contributed by atoms with E-state index in [-0.39, 0.29) is 18.3 Å². The molecule has 0 aliphatic heterocycles. The number of rotatable bonds is 6. The van der Waals surface area contributed by atoms with Crippen LogP contribution in [0.3, 0.4) is 0 Å². The van der Waals surface area contributed by atoms with Gasteiger partial charge in [0.1, 0.15) is 12.5 Å². The monoisotopic (exact) mass is 308 g/mol. The van der Waals surface area contributed by atoms with E-state index in [0.717, 1.165) is 11.6 Å². The summed E-state index contributed by atoms with van der Waals surface area (Å²) in [6, 6.07) is 5.39. The Morgan fingerprint density at radius 2 is 2.10 bits per heavy atom. The van der Waals surface area contributed by atoms with Gasteiger partial charge in [-0.3, -0.25) is 9.36 Å². The van der Waals surface area contributed by atoms with Gasteiger partial charge in [-0.25, -0.2) is 9.37 Å². The van der Waals surface area contributed by atoms with Crippen molar-refractivity contribution in [1.29, 1.82) is 0 Å².